The van der Waals surface area contributed by atoms with Crippen LogP contribution in [-0.2, 0) is 14.3 Å². The highest BCUT2D eigenvalue weighted by Gasteiger charge is 2.41. The smallest absolute Gasteiger partial charge is 0.222 e. The lowest BCUT2D eigenvalue weighted by Gasteiger charge is -2.29. The average molecular weight is 281 g/mol. The lowest BCUT2D eigenvalue weighted by atomic mass is 9.96. The Morgan fingerprint density at radius 2 is 2.06 bits per heavy atom. The standard InChI is InChI=1S/C12H24N2O3.ClH/c1-12(9-13,10-3-4-10)14-11(15)5-6-17-8-7-16-2;/h10H,3-9,13H2,1-2H3,(H,14,15);1H. The fourth-order valence-corrected chi connectivity index (χ4v) is 1.83. The summed E-state index contributed by atoms with van der Waals surface area (Å²) in [5.41, 5.74) is 5.50. The number of carbonyl (C=O) groups is 1. The number of methoxy groups -OCH3 is 1. The minimum absolute atomic E-state index is 0. The van der Waals surface area contributed by atoms with Gasteiger partial charge in [-0.05, 0) is 25.7 Å². The number of nitrogens with one attached hydrogen (secondary N) is 1. The Hall–Kier alpha value is -0.360. The normalized spacial score (nSPS) is 17.7. The maximum atomic E-state index is 11.7. The van der Waals surface area contributed by atoms with Crippen molar-refractivity contribution in [2.24, 2.45) is 11.7 Å². The molecule has 0 aromatic rings. The molecule has 3 N–H and O–H groups in total. The molecule has 0 aromatic heterocycles. The fourth-order valence-electron chi connectivity index (χ4n) is 1.83. The molecular weight excluding hydrogens is 256 g/mol. The van der Waals surface area contributed by atoms with Crippen molar-refractivity contribution in [3.05, 3.63) is 0 Å². The first-order valence-corrected chi connectivity index (χ1v) is 6.20. The van der Waals surface area contributed by atoms with Gasteiger partial charge in [-0.1, -0.05) is 0 Å². The molecule has 18 heavy (non-hydrogen) atoms. The van der Waals surface area contributed by atoms with Crippen molar-refractivity contribution in [2.45, 2.75) is 31.7 Å². The van der Waals surface area contributed by atoms with Crippen LogP contribution in [0.1, 0.15) is 26.2 Å². The number of hydrogen-bond acceptors (Lipinski definition) is 4. The first kappa shape index (κ1) is 17.6. The second-order valence-corrected chi connectivity index (χ2v) is 4.80. The summed E-state index contributed by atoms with van der Waals surface area (Å²) < 4.78 is 10.1. The van der Waals surface area contributed by atoms with E-state index in [1.165, 1.54) is 0 Å². The second kappa shape index (κ2) is 8.69. The van der Waals surface area contributed by atoms with Crippen LogP contribution in [0.3, 0.4) is 0 Å². The Balaban J connectivity index is 0.00000289. The molecule has 0 radical (unpaired) electrons. The van der Waals surface area contributed by atoms with Gasteiger partial charge in [0.15, 0.2) is 0 Å². The molecule has 0 bridgehead atoms. The zero-order chi connectivity index (χ0) is 12.7. The molecule has 1 unspecified atom stereocenters. The molecule has 0 spiro atoms. The van der Waals surface area contributed by atoms with Crippen molar-refractivity contribution in [3.8, 4) is 0 Å². The fraction of sp³-hybridized carbons (Fsp3) is 0.917. The summed E-state index contributed by atoms with van der Waals surface area (Å²) >= 11 is 0. The minimum atomic E-state index is -0.233. The van der Waals surface area contributed by atoms with Crippen molar-refractivity contribution in [2.75, 3.05) is 33.5 Å². The lowest BCUT2D eigenvalue weighted by Crippen LogP contribution is -2.53. The van der Waals surface area contributed by atoms with Crippen molar-refractivity contribution in [1.82, 2.24) is 5.32 Å². The number of rotatable bonds is 9. The highest BCUT2D eigenvalue weighted by atomic mass is 35.5. The quantitative estimate of drug-likeness (QED) is 0.610. The molecule has 5 nitrogen and oxygen atoms in total. The van der Waals surface area contributed by atoms with Gasteiger partial charge >= 0.3 is 0 Å². The van der Waals surface area contributed by atoms with Gasteiger partial charge in [-0.2, -0.15) is 0 Å². The molecule has 1 saturated carbocycles. The van der Waals surface area contributed by atoms with E-state index < -0.39 is 0 Å². The van der Waals surface area contributed by atoms with E-state index in [0.29, 0.717) is 38.7 Å². The first-order chi connectivity index (χ1) is 8.12. The van der Waals surface area contributed by atoms with Crippen LogP contribution in [0.4, 0.5) is 0 Å². The third-order valence-electron chi connectivity index (χ3n) is 3.23. The average Bonchev–Trinajstić information content (AvgIpc) is 3.12. The summed E-state index contributed by atoms with van der Waals surface area (Å²) in [7, 11) is 1.62. The van der Waals surface area contributed by atoms with Crippen LogP contribution in [0.2, 0.25) is 0 Å². The number of amides is 1. The van der Waals surface area contributed by atoms with Gasteiger partial charge in [-0.25, -0.2) is 0 Å². The second-order valence-electron chi connectivity index (χ2n) is 4.80. The van der Waals surface area contributed by atoms with Crippen molar-refractivity contribution in [3.63, 3.8) is 0 Å². The summed E-state index contributed by atoms with van der Waals surface area (Å²) in [5, 5.41) is 3.02. The third kappa shape index (κ3) is 6.00. The maximum Gasteiger partial charge on any atom is 0.222 e. The van der Waals surface area contributed by atoms with Crippen LogP contribution < -0.4 is 11.1 Å². The number of hydrogen-bond donors (Lipinski definition) is 2. The molecule has 1 aliphatic carbocycles. The van der Waals surface area contributed by atoms with E-state index in [9.17, 15) is 4.79 Å². The predicted octanol–water partition coefficient (Wildman–Crippen LogP) is 0.705. The number of nitrogens with two attached hydrogens (primary N) is 1. The summed E-state index contributed by atoms with van der Waals surface area (Å²) in [5.74, 6) is 0.563. The molecule has 1 amide bonds. The summed E-state index contributed by atoms with van der Waals surface area (Å²) in [6.07, 6.45) is 2.71. The van der Waals surface area contributed by atoms with Crippen LogP contribution in [-0.4, -0.2) is 44.9 Å². The van der Waals surface area contributed by atoms with Gasteiger partial charge in [0.1, 0.15) is 0 Å². The Kier molecular flexibility index (Phi) is 8.52. The van der Waals surface area contributed by atoms with E-state index in [1.807, 2.05) is 6.92 Å². The molecule has 0 aliphatic heterocycles. The van der Waals surface area contributed by atoms with Crippen LogP contribution in [0.5, 0.6) is 0 Å². The number of halogens is 1. The van der Waals surface area contributed by atoms with E-state index in [4.69, 9.17) is 15.2 Å². The Bertz CT molecular complexity index is 249. The Labute approximate surface area is 115 Å². The summed E-state index contributed by atoms with van der Waals surface area (Å²) in [4.78, 5) is 11.7. The van der Waals surface area contributed by atoms with E-state index in [0.717, 1.165) is 12.8 Å². The molecule has 0 heterocycles. The van der Waals surface area contributed by atoms with E-state index in [2.05, 4.69) is 5.32 Å². The van der Waals surface area contributed by atoms with Crippen LogP contribution in [0.25, 0.3) is 0 Å². The summed E-state index contributed by atoms with van der Waals surface area (Å²) in [6.45, 7) is 4.04. The SMILES string of the molecule is COCCOCCC(=O)NC(C)(CN)C1CC1.Cl. The molecule has 0 saturated heterocycles. The molecule has 108 valence electrons. The number of carbonyl (C=O) groups excluding carboxylic acids is 1. The van der Waals surface area contributed by atoms with Crippen LogP contribution in [0.15, 0.2) is 0 Å². The molecule has 1 atom stereocenters. The Morgan fingerprint density at radius 1 is 1.39 bits per heavy atom. The predicted molar refractivity (Wildman–Crippen MR) is 72.9 cm³/mol. The molecular formula is C12H25ClN2O3. The molecule has 6 heteroatoms. The van der Waals surface area contributed by atoms with Gasteiger partial charge in [-0.3, -0.25) is 4.79 Å². The topological polar surface area (TPSA) is 73.6 Å². The monoisotopic (exact) mass is 280 g/mol. The van der Waals surface area contributed by atoms with Gasteiger partial charge in [0.05, 0.1) is 25.4 Å². The van der Waals surface area contributed by atoms with Crippen molar-refractivity contribution in [1.29, 1.82) is 0 Å². The first-order valence-electron chi connectivity index (χ1n) is 6.20. The Morgan fingerprint density at radius 3 is 2.56 bits per heavy atom. The van der Waals surface area contributed by atoms with Gasteiger partial charge in [0, 0.05) is 20.1 Å². The zero-order valence-corrected chi connectivity index (χ0v) is 12.1. The molecule has 0 aromatic carbocycles. The van der Waals surface area contributed by atoms with Gasteiger partial charge in [-0.15, -0.1) is 12.4 Å². The van der Waals surface area contributed by atoms with E-state index in [1.54, 1.807) is 7.11 Å². The zero-order valence-electron chi connectivity index (χ0n) is 11.2. The molecule has 1 fully saturated rings. The molecule has 1 rings (SSSR count). The highest BCUT2D eigenvalue weighted by molar-refractivity contribution is 5.85. The van der Waals surface area contributed by atoms with E-state index >= 15 is 0 Å². The van der Waals surface area contributed by atoms with E-state index in [-0.39, 0.29) is 23.9 Å². The lowest BCUT2D eigenvalue weighted by molar-refractivity contribution is -0.124. The van der Waals surface area contributed by atoms with Crippen molar-refractivity contribution < 1.29 is 14.3 Å². The number of ether oxygens (including phenoxy) is 2. The van der Waals surface area contributed by atoms with Gasteiger partial charge < -0.3 is 20.5 Å². The maximum absolute atomic E-state index is 11.7. The van der Waals surface area contributed by atoms with Crippen LogP contribution >= 0.6 is 12.4 Å². The van der Waals surface area contributed by atoms with Gasteiger partial charge in [0.2, 0.25) is 5.91 Å². The minimum Gasteiger partial charge on any atom is -0.382 e. The summed E-state index contributed by atoms with van der Waals surface area (Å²) in [6, 6.07) is 0. The largest absolute Gasteiger partial charge is 0.382 e. The van der Waals surface area contributed by atoms with Gasteiger partial charge in [0.25, 0.3) is 0 Å². The highest BCUT2D eigenvalue weighted by Crippen LogP contribution is 2.38. The van der Waals surface area contributed by atoms with Crippen molar-refractivity contribution >= 4 is 18.3 Å². The third-order valence-corrected chi connectivity index (χ3v) is 3.23. The van der Waals surface area contributed by atoms with Crippen LogP contribution in [0, 0.1) is 5.92 Å². The molecule has 1 aliphatic rings.